The van der Waals surface area contributed by atoms with Crippen molar-refractivity contribution in [1.82, 2.24) is 10.3 Å². The van der Waals surface area contributed by atoms with Crippen molar-refractivity contribution in [3.8, 4) is 0 Å². The molecular weight excluding hydrogens is 258 g/mol. The van der Waals surface area contributed by atoms with Gasteiger partial charge in [-0.25, -0.2) is 9.78 Å². The first-order valence-corrected chi connectivity index (χ1v) is 6.38. The average molecular weight is 270 g/mol. The Balaban J connectivity index is 2.20. The lowest BCUT2D eigenvalue weighted by Gasteiger charge is -2.07. The quantitative estimate of drug-likeness (QED) is 0.877. The van der Waals surface area contributed by atoms with Gasteiger partial charge in [-0.1, -0.05) is 29.0 Å². The van der Waals surface area contributed by atoms with E-state index in [4.69, 9.17) is 11.6 Å². The van der Waals surface area contributed by atoms with Crippen LogP contribution in [0.4, 0.5) is 9.93 Å². The second-order valence-corrected chi connectivity index (χ2v) is 5.30. The van der Waals surface area contributed by atoms with Crippen molar-refractivity contribution in [3.63, 3.8) is 0 Å². The number of nitrogens with one attached hydrogen (secondary N) is 2. The van der Waals surface area contributed by atoms with E-state index in [0.717, 1.165) is 10.2 Å². The molecule has 2 amide bonds. The van der Waals surface area contributed by atoms with Gasteiger partial charge >= 0.3 is 6.03 Å². The maximum atomic E-state index is 11.5. The molecule has 0 spiro atoms. The number of urea groups is 1. The summed E-state index contributed by atoms with van der Waals surface area (Å²) in [6.45, 7) is 3.80. The maximum absolute atomic E-state index is 11.5. The van der Waals surface area contributed by atoms with Crippen LogP contribution in [0.15, 0.2) is 18.2 Å². The molecule has 2 rings (SSSR count). The van der Waals surface area contributed by atoms with Gasteiger partial charge in [-0.3, -0.25) is 5.32 Å². The number of carbonyl (C=O) groups excluding carboxylic acids is 1. The predicted octanol–water partition coefficient (Wildman–Crippen LogP) is 3.48. The Morgan fingerprint density at radius 1 is 1.47 bits per heavy atom. The first-order valence-electron chi connectivity index (χ1n) is 5.19. The fourth-order valence-corrected chi connectivity index (χ4v) is 2.52. The maximum Gasteiger partial charge on any atom is 0.321 e. The van der Waals surface area contributed by atoms with Gasteiger partial charge in [-0.2, -0.15) is 0 Å². The molecule has 0 aliphatic heterocycles. The van der Waals surface area contributed by atoms with Gasteiger partial charge in [0.25, 0.3) is 0 Å². The zero-order valence-corrected chi connectivity index (χ0v) is 11.0. The van der Waals surface area contributed by atoms with Crippen molar-refractivity contribution in [1.29, 1.82) is 0 Å². The molecule has 6 heteroatoms. The van der Waals surface area contributed by atoms with Crippen LogP contribution in [-0.4, -0.2) is 17.1 Å². The van der Waals surface area contributed by atoms with E-state index in [1.54, 1.807) is 6.07 Å². The van der Waals surface area contributed by atoms with E-state index in [0.29, 0.717) is 10.2 Å². The number of amides is 2. The highest BCUT2D eigenvalue weighted by molar-refractivity contribution is 7.22. The van der Waals surface area contributed by atoms with E-state index < -0.39 is 0 Å². The number of benzene rings is 1. The summed E-state index contributed by atoms with van der Waals surface area (Å²) in [6.07, 6.45) is 0. The topological polar surface area (TPSA) is 54.0 Å². The van der Waals surface area contributed by atoms with E-state index in [1.165, 1.54) is 11.3 Å². The Bertz CT molecular complexity index is 553. The zero-order chi connectivity index (χ0) is 12.4. The standard InChI is InChI=1S/C11H12ClN3OS/c1-6(2)13-10(16)15-11-14-9-7(12)4-3-5-8(9)17-11/h3-6H,1-2H3,(H2,13,14,15,16). The van der Waals surface area contributed by atoms with Crippen LogP contribution in [0, 0.1) is 0 Å². The number of carbonyl (C=O) groups is 1. The van der Waals surface area contributed by atoms with Gasteiger partial charge in [0.2, 0.25) is 0 Å². The molecule has 2 aromatic rings. The highest BCUT2D eigenvalue weighted by atomic mass is 35.5. The van der Waals surface area contributed by atoms with E-state index in [9.17, 15) is 4.79 Å². The molecule has 1 heterocycles. The van der Waals surface area contributed by atoms with Crippen molar-refractivity contribution >= 4 is 44.3 Å². The van der Waals surface area contributed by atoms with Crippen LogP contribution in [0.1, 0.15) is 13.8 Å². The third kappa shape index (κ3) is 2.87. The summed E-state index contributed by atoms with van der Waals surface area (Å²) < 4.78 is 0.956. The number of para-hydroxylation sites is 1. The molecule has 0 unspecified atom stereocenters. The van der Waals surface area contributed by atoms with Gasteiger partial charge in [0, 0.05) is 6.04 Å². The summed E-state index contributed by atoms with van der Waals surface area (Å²) >= 11 is 7.41. The lowest BCUT2D eigenvalue weighted by molar-refractivity contribution is 0.250. The van der Waals surface area contributed by atoms with Crippen LogP contribution in [-0.2, 0) is 0 Å². The Labute approximate surface area is 108 Å². The second kappa shape index (κ2) is 4.89. The summed E-state index contributed by atoms with van der Waals surface area (Å²) in [5.41, 5.74) is 0.721. The third-order valence-electron chi connectivity index (χ3n) is 2.01. The molecule has 0 bridgehead atoms. The molecule has 0 atom stereocenters. The van der Waals surface area contributed by atoms with Crippen molar-refractivity contribution < 1.29 is 4.79 Å². The third-order valence-corrected chi connectivity index (χ3v) is 3.25. The zero-order valence-electron chi connectivity index (χ0n) is 9.45. The van der Waals surface area contributed by atoms with Crippen molar-refractivity contribution in [2.75, 3.05) is 5.32 Å². The van der Waals surface area contributed by atoms with Crippen LogP contribution in [0.5, 0.6) is 0 Å². The monoisotopic (exact) mass is 269 g/mol. The van der Waals surface area contributed by atoms with Crippen molar-refractivity contribution in [3.05, 3.63) is 23.2 Å². The molecule has 1 aromatic carbocycles. The van der Waals surface area contributed by atoms with Gasteiger partial charge in [0.1, 0.15) is 5.52 Å². The average Bonchev–Trinajstić information content (AvgIpc) is 2.60. The molecule has 17 heavy (non-hydrogen) atoms. The fraction of sp³-hybridized carbons (Fsp3) is 0.273. The van der Waals surface area contributed by atoms with E-state index >= 15 is 0 Å². The molecular formula is C11H12ClN3OS. The first kappa shape index (κ1) is 12.1. The Morgan fingerprint density at radius 2 is 2.24 bits per heavy atom. The van der Waals surface area contributed by atoms with Gasteiger partial charge in [0.15, 0.2) is 5.13 Å². The van der Waals surface area contributed by atoms with Crippen LogP contribution in [0.2, 0.25) is 5.02 Å². The van der Waals surface area contributed by atoms with Crippen LogP contribution >= 0.6 is 22.9 Å². The van der Waals surface area contributed by atoms with Crippen LogP contribution in [0.3, 0.4) is 0 Å². The molecule has 1 aromatic heterocycles. The Kier molecular flexibility index (Phi) is 3.49. The van der Waals surface area contributed by atoms with Gasteiger partial charge in [-0.15, -0.1) is 0 Å². The Morgan fingerprint density at radius 3 is 2.88 bits per heavy atom. The number of hydrogen-bond acceptors (Lipinski definition) is 3. The molecule has 0 aliphatic carbocycles. The SMILES string of the molecule is CC(C)NC(=O)Nc1nc2c(Cl)cccc2s1. The minimum atomic E-state index is -0.254. The lowest BCUT2D eigenvalue weighted by atomic mass is 10.3. The Hall–Kier alpha value is -1.33. The number of aromatic nitrogens is 1. The molecule has 2 N–H and O–H groups in total. The normalized spacial score (nSPS) is 10.8. The highest BCUT2D eigenvalue weighted by Gasteiger charge is 2.09. The first-order chi connectivity index (χ1) is 8.06. The molecule has 0 saturated carbocycles. The molecule has 90 valence electrons. The summed E-state index contributed by atoms with van der Waals surface area (Å²) in [4.78, 5) is 15.8. The minimum absolute atomic E-state index is 0.0907. The second-order valence-electron chi connectivity index (χ2n) is 3.86. The van der Waals surface area contributed by atoms with Gasteiger partial charge in [0.05, 0.1) is 9.72 Å². The molecule has 0 saturated heterocycles. The van der Waals surface area contributed by atoms with E-state index in [-0.39, 0.29) is 12.1 Å². The highest BCUT2D eigenvalue weighted by Crippen LogP contribution is 2.30. The number of rotatable bonds is 2. The van der Waals surface area contributed by atoms with Crippen molar-refractivity contribution in [2.24, 2.45) is 0 Å². The predicted molar refractivity (Wildman–Crippen MR) is 71.9 cm³/mol. The number of anilines is 1. The summed E-state index contributed by atoms with van der Waals surface area (Å²) in [5.74, 6) is 0. The molecule has 0 fully saturated rings. The summed E-state index contributed by atoms with van der Waals surface area (Å²) in [5, 5.41) is 6.56. The van der Waals surface area contributed by atoms with Crippen molar-refractivity contribution in [2.45, 2.75) is 19.9 Å². The smallest absolute Gasteiger partial charge is 0.321 e. The molecule has 0 radical (unpaired) electrons. The molecule has 0 aliphatic rings. The largest absolute Gasteiger partial charge is 0.336 e. The molecule has 4 nitrogen and oxygen atoms in total. The van der Waals surface area contributed by atoms with E-state index in [2.05, 4.69) is 15.6 Å². The number of halogens is 1. The lowest BCUT2D eigenvalue weighted by Crippen LogP contribution is -2.34. The summed E-state index contributed by atoms with van der Waals surface area (Å²) in [7, 11) is 0. The number of fused-ring (bicyclic) bond motifs is 1. The van der Waals surface area contributed by atoms with Gasteiger partial charge < -0.3 is 5.32 Å². The number of hydrogen-bond donors (Lipinski definition) is 2. The van der Waals surface area contributed by atoms with Crippen LogP contribution in [0.25, 0.3) is 10.2 Å². The van der Waals surface area contributed by atoms with E-state index in [1.807, 2.05) is 26.0 Å². The fourth-order valence-electron chi connectivity index (χ4n) is 1.36. The minimum Gasteiger partial charge on any atom is -0.336 e. The van der Waals surface area contributed by atoms with Crippen LogP contribution < -0.4 is 10.6 Å². The number of nitrogens with zero attached hydrogens (tertiary/aromatic N) is 1. The number of thiazole rings is 1. The summed E-state index contributed by atoms with van der Waals surface area (Å²) in [6, 6.07) is 5.40. The van der Waals surface area contributed by atoms with Gasteiger partial charge in [-0.05, 0) is 26.0 Å².